The molecule has 0 saturated heterocycles. The molecule has 4 N–H and O–H groups in total. The molecule has 0 aromatic heterocycles. The minimum atomic E-state index is -0.274. The second-order valence-corrected chi connectivity index (χ2v) is 2.69. The Morgan fingerprint density at radius 1 is 1.21 bits per heavy atom. The molecule has 0 fully saturated rings. The number of hydrogen-bond donors (Lipinski definition) is 4. The van der Waals surface area contributed by atoms with Crippen molar-refractivity contribution >= 4 is 18.1 Å². The molecule has 0 aliphatic carbocycles. The number of halogens is 1. The Kier molecular flexibility index (Phi) is 4.24. The van der Waals surface area contributed by atoms with Gasteiger partial charge in [-0.25, -0.2) is 0 Å². The van der Waals surface area contributed by atoms with Crippen LogP contribution in [0.15, 0.2) is 12.1 Å². The normalized spacial score (nSPS) is 9.21. The van der Waals surface area contributed by atoms with E-state index >= 15 is 0 Å². The summed E-state index contributed by atoms with van der Waals surface area (Å²) in [4.78, 5) is 0. The average Bonchev–Trinajstić information content (AvgIpc) is 2.02. The van der Waals surface area contributed by atoms with Crippen molar-refractivity contribution in [3.05, 3.63) is 17.7 Å². The highest BCUT2D eigenvalue weighted by molar-refractivity contribution is 6.02. The molecule has 0 heterocycles. The summed E-state index contributed by atoms with van der Waals surface area (Å²) in [6, 6.07) is 2.19. The largest absolute Gasteiger partial charge is 0.508 e. The topological polar surface area (TPSA) is 84.5 Å². The summed E-state index contributed by atoms with van der Waals surface area (Å²) in [5.41, 5.74) is 0.218. The van der Waals surface area contributed by atoms with Gasteiger partial charge in [0.25, 0.3) is 0 Å². The van der Waals surface area contributed by atoms with E-state index in [1.807, 2.05) is 0 Å². The second kappa shape index (κ2) is 4.72. The summed E-state index contributed by atoms with van der Waals surface area (Å²) >= 11 is 0. The van der Waals surface area contributed by atoms with E-state index < -0.39 is 0 Å². The zero-order valence-corrected chi connectivity index (χ0v) is 8.43. The molecule has 0 saturated carbocycles. The van der Waals surface area contributed by atoms with E-state index in [9.17, 15) is 10.2 Å². The van der Waals surface area contributed by atoms with Crippen molar-refractivity contribution in [1.82, 2.24) is 0 Å². The van der Waals surface area contributed by atoms with Crippen LogP contribution in [0.4, 0.5) is 0 Å². The van der Waals surface area contributed by atoms with E-state index in [-0.39, 0.29) is 40.9 Å². The van der Waals surface area contributed by atoms with Crippen molar-refractivity contribution < 1.29 is 15.3 Å². The van der Waals surface area contributed by atoms with Crippen LogP contribution in [-0.4, -0.2) is 21.0 Å². The maximum atomic E-state index is 9.31. The number of benzene rings is 1. The Bertz CT molecular complexity index is 329. The van der Waals surface area contributed by atoms with Gasteiger partial charge in [-0.3, -0.25) is 0 Å². The molecule has 0 amide bonds. The van der Waals surface area contributed by atoms with Crippen LogP contribution < -0.4 is 0 Å². The third-order valence-electron chi connectivity index (χ3n) is 1.74. The van der Waals surface area contributed by atoms with Crippen molar-refractivity contribution in [3.8, 4) is 17.2 Å². The minimum Gasteiger partial charge on any atom is -0.508 e. The van der Waals surface area contributed by atoms with E-state index in [1.54, 1.807) is 6.92 Å². The fourth-order valence-corrected chi connectivity index (χ4v) is 1.08. The van der Waals surface area contributed by atoms with E-state index in [1.165, 1.54) is 0 Å². The maximum absolute atomic E-state index is 9.31. The summed E-state index contributed by atoms with van der Waals surface area (Å²) in [5, 5.41) is 35.0. The number of nitrogens with one attached hydrogen (secondary N) is 1. The molecule has 1 rings (SSSR count). The Balaban J connectivity index is 0.00000169. The van der Waals surface area contributed by atoms with Gasteiger partial charge in [-0.15, -0.1) is 12.4 Å². The number of rotatable bonds is 2. The van der Waals surface area contributed by atoms with Crippen LogP contribution in [0.5, 0.6) is 17.2 Å². The van der Waals surface area contributed by atoms with Gasteiger partial charge in [-0.05, 0) is 6.42 Å². The SMILES string of the molecule is CCC(=N)c1c(O)cc(O)cc1O.Cl. The van der Waals surface area contributed by atoms with Crippen LogP contribution in [-0.2, 0) is 0 Å². The molecule has 4 nitrogen and oxygen atoms in total. The predicted octanol–water partition coefficient (Wildman–Crippen LogP) is 2.00. The minimum absolute atomic E-state index is 0. The molecular weight excluding hydrogens is 206 g/mol. The van der Waals surface area contributed by atoms with Crippen LogP contribution in [0.25, 0.3) is 0 Å². The molecule has 0 unspecified atom stereocenters. The predicted molar refractivity (Wildman–Crippen MR) is 55.8 cm³/mol. The standard InChI is InChI=1S/C9H11NO3.ClH/c1-2-6(10)9-7(12)3-5(11)4-8(9)13;/h3-4,10-13H,2H2,1H3;1H. The smallest absolute Gasteiger partial charge is 0.132 e. The van der Waals surface area contributed by atoms with Gasteiger partial charge in [-0.1, -0.05) is 6.92 Å². The van der Waals surface area contributed by atoms with Crippen LogP contribution in [0.2, 0.25) is 0 Å². The molecule has 78 valence electrons. The molecular formula is C9H12ClNO3. The summed E-state index contributed by atoms with van der Waals surface area (Å²) in [5.74, 6) is -0.767. The van der Waals surface area contributed by atoms with Crippen molar-refractivity contribution in [2.45, 2.75) is 13.3 Å². The van der Waals surface area contributed by atoms with Gasteiger partial charge in [0.15, 0.2) is 0 Å². The molecule has 0 aliphatic rings. The van der Waals surface area contributed by atoms with E-state index in [4.69, 9.17) is 10.5 Å². The zero-order chi connectivity index (χ0) is 10.0. The van der Waals surface area contributed by atoms with Crippen molar-refractivity contribution in [1.29, 1.82) is 5.41 Å². The Morgan fingerprint density at radius 3 is 2.00 bits per heavy atom. The number of hydrogen-bond acceptors (Lipinski definition) is 4. The van der Waals surface area contributed by atoms with Crippen molar-refractivity contribution in [2.75, 3.05) is 0 Å². The maximum Gasteiger partial charge on any atom is 0.132 e. The molecule has 0 radical (unpaired) electrons. The van der Waals surface area contributed by atoms with E-state index in [0.29, 0.717) is 6.42 Å². The van der Waals surface area contributed by atoms with E-state index in [0.717, 1.165) is 12.1 Å². The molecule has 0 bridgehead atoms. The van der Waals surface area contributed by atoms with Gasteiger partial charge in [0.05, 0.1) is 5.56 Å². The Hall–Kier alpha value is -1.42. The third kappa shape index (κ3) is 2.29. The molecule has 0 spiro atoms. The van der Waals surface area contributed by atoms with Crippen LogP contribution in [0.3, 0.4) is 0 Å². The molecule has 0 atom stereocenters. The number of phenols is 3. The highest BCUT2D eigenvalue weighted by atomic mass is 35.5. The Morgan fingerprint density at radius 2 is 1.64 bits per heavy atom. The molecule has 0 aliphatic heterocycles. The molecule has 1 aromatic carbocycles. The summed E-state index contributed by atoms with van der Waals surface area (Å²) in [6.45, 7) is 1.74. The van der Waals surface area contributed by atoms with Gasteiger partial charge >= 0.3 is 0 Å². The monoisotopic (exact) mass is 217 g/mol. The lowest BCUT2D eigenvalue weighted by Crippen LogP contribution is -1.97. The lowest BCUT2D eigenvalue weighted by atomic mass is 10.1. The fraction of sp³-hybridized carbons (Fsp3) is 0.222. The summed E-state index contributed by atoms with van der Waals surface area (Å²) in [7, 11) is 0. The summed E-state index contributed by atoms with van der Waals surface area (Å²) < 4.78 is 0. The molecule has 5 heteroatoms. The molecule has 14 heavy (non-hydrogen) atoms. The lowest BCUT2D eigenvalue weighted by Gasteiger charge is -2.07. The van der Waals surface area contributed by atoms with Crippen LogP contribution >= 0.6 is 12.4 Å². The fourth-order valence-electron chi connectivity index (χ4n) is 1.08. The first kappa shape index (κ1) is 12.6. The number of phenolic OH excluding ortho intramolecular Hbond substituents is 3. The highest BCUT2D eigenvalue weighted by Crippen LogP contribution is 2.32. The quantitative estimate of drug-likeness (QED) is 0.572. The van der Waals surface area contributed by atoms with Crippen molar-refractivity contribution in [2.24, 2.45) is 0 Å². The first-order valence-corrected chi connectivity index (χ1v) is 3.89. The summed E-state index contributed by atoms with van der Waals surface area (Å²) in [6.07, 6.45) is 0.409. The highest BCUT2D eigenvalue weighted by Gasteiger charge is 2.12. The van der Waals surface area contributed by atoms with Crippen LogP contribution in [0, 0.1) is 5.41 Å². The molecule has 1 aromatic rings. The zero-order valence-electron chi connectivity index (χ0n) is 7.61. The van der Waals surface area contributed by atoms with Gasteiger partial charge in [0.1, 0.15) is 17.2 Å². The van der Waals surface area contributed by atoms with Gasteiger partial charge in [0.2, 0.25) is 0 Å². The van der Waals surface area contributed by atoms with Crippen molar-refractivity contribution in [3.63, 3.8) is 0 Å². The van der Waals surface area contributed by atoms with Gasteiger partial charge in [0, 0.05) is 17.8 Å². The average molecular weight is 218 g/mol. The number of aromatic hydroxyl groups is 3. The lowest BCUT2D eigenvalue weighted by molar-refractivity contribution is 0.426. The second-order valence-electron chi connectivity index (χ2n) is 2.69. The Labute approximate surface area is 87.7 Å². The first-order chi connectivity index (χ1) is 6.06. The third-order valence-corrected chi connectivity index (χ3v) is 1.74. The van der Waals surface area contributed by atoms with E-state index in [2.05, 4.69) is 0 Å². The van der Waals surface area contributed by atoms with Gasteiger partial charge in [-0.2, -0.15) is 0 Å². The van der Waals surface area contributed by atoms with Gasteiger partial charge < -0.3 is 20.7 Å². The van der Waals surface area contributed by atoms with Crippen LogP contribution in [0.1, 0.15) is 18.9 Å². The first-order valence-electron chi connectivity index (χ1n) is 3.89.